The van der Waals surface area contributed by atoms with E-state index < -0.39 is 7.40 Å². The number of benzene rings is 1. The first-order valence-corrected chi connectivity index (χ1v) is 9.87. The molecular weight excluding hydrogens is 353 g/mol. The Labute approximate surface area is 166 Å². The standard InChI is InChI=1S/C23H27BF2N2/c1-7-19-14(3)22(27-16(19)5)21(18-12-10-9-11-13-18)23-15(4)20(8-2)17(6)28(23)24(25)26/h9-13H,7-8H2,1-6H3/b22-21-. The summed E-state index contributed by atoms with van der Waals surface area (Å²) in [6.07, 6.45) is 1.60. The summed E-state index contributed by atoms with van der Waals surface area (Å²) in [5.74, 6) is 0. The molecule has 0 N–H and O–H groups in total. The van der Waals surface area contributed by atoms with Gasteiger partial charge in [-0.1, -0.05) is 44.2 Å². The number of hydrogen-bond donors (Lipinski definition) is 0. The van der Waals surface area contributed by atoms with E-state index in [4.69, 9.17) is 4.99 Å². The van der Waals surface area contributed by atoms with E-state index >= 15 is 0 Å². The van der Waals surface area contributed by atoms with Gasteiger partial charge in [-0.15, -0.1) is 0 Å². The lowest BCUT2D eigenvalue weighted by Gasteiger charge is -2.16. The monoisotopic (exact) mass is 380 g/mol. The first-order valence-electron chi connectivity index (χ1n) is 9.87. The molecule has 2 heterocycles. The van der Waals surface area contributed by atoms with E-state index in [0.717, 1.165) is 52.1 Å². The lowest BCUT2D eigenvalue weighted by atomic mass is 9.92. The Balaban J connectivity index is 2.47. The highest BCUT2D eigenvalue weighted by atomic mass is 19.2. The van der Waals surface area contributed by atoms with Gasteiger partial charge in [0.05, 0.1) is 5.70 Å². The third-order valence-electron chi connectivity index (χ3n) is 5.81. The maximum Gasteiger partial charge on any atom is 0.677 e. The molecule has 146 valence electrons. The zero-order chi connectivity index (χ0) is 20.6. The smallest absolute Gasteiger partial charge is 0.329 e. The second-order valence-corrected chi connectivity index (χ2v) is 7.28. The van der Waals surface area contributed by atoms with Crippen LogP contribution >= 0.6 is 0 Å². The van der Waals surface area contributed by atoms with E-state index in [2.05, 4.69) is 13.8 Å². The fourth-order valence-electron chi connectivity index (χ4n) is 4.47. The number of allylic oxidation sites excluding steroid dienone is 2. The molecule has 0 amide bonds. The minimum Gasteiger partial charge on any atom is -0.329 e. The van der Waals surface area contributed by atoms with Crippen molar-refractivity contribution in [2.45, 2.75) is 54.4 Å². The molecule has 5 heteroatoms. The Morgan fingerprint density at radius 2 is 1.64 bits per heavy atom. The molecule has 0 radical (unpaired) electrons. The van der Waals surface area contributed by atoms with E-state index in [1.54, 1.807) is 6.92 Å². The largest absolute Gasteiger partial charge is 0.677 e. The van der Waals surface area contributed by atoms with Gasteiger partial charge in [0.1, 0.15) is 0 Å². The number of aromatic nitrogens is 1. The molecule has 0 fully saturated rings. The number of hydrogen-bond acceptors (Lipinski definition) is 1. The number of nitrogens with zero attached hydrogens (tertiary/aromatic N) is 2. The SMILES string of the molecule is CCC1=C(C)/C(=C(\c2ccccc2)c2c(C)c(CC)c(C)n2B(F)F)N=C1C. The van der Waals surface area contributed by atoms with Crippen LogP contribution in [0.25, 0.3) is 5.57 Å². The van der Waals surface area contributed by atoms with Crippen LogP contribution in [-0.4, -0.2) is 17.6 Å². The summed E-state index contributed by atoms with van der Waals surface area (Å²) in [4.78, 5) is 4.85. The molecule has 1 aliphatic heterocycles. The third kappa shape index (κ3) is 3.17. The van der Waals surface area contributed by atoms with E-state index in [0.29, 0.717) is 11.4 Å². The zero-order valence-corrected chi connectivity index (χ0v) is 17.5. The highest BCUT2D eigenvalue weighted by Crippen LogP contribution is 2.40. The van der Waals surface area contributed by atoms with E-state index in [1.807, 2.05) is 51.1 Å². The van der Waals surface area contributed by atoms with Gasteiger partial charge in [-0.2, -0.15) is 0 Å². The van der Waals surface area contributed by atoms with Crippen LogP contribution in [0.3, 0.4) is 0 Å². The zero-order valence-electron chi connectivity index (χ0n) is 17.5. The van der Waals surface area contributed by atoms with E-state index in [-0.39, 0.29) is 0 Å². The van der Waals surface area contributed by atoms with Gasteiger partial charge in [0.25, 0.3) is 0 Å². The third-order valence-corrected chi connectivity index (χ3v) is 5.81. The maximum absolute atomic E-state index is 14.2. The van der Waals surface area contributed by atoms with Crippen LogP contribution < -0.4 is 0 Å². The van der Waals surface area contributed by atoms with Gasteiger partial charge in [0, 0.05) is 22.7 Å². The molecule has 0 saturated heterocycles. The van der Waals surface area contributed by atoms with Crippen molar-refractivity contribution >= 4 is 18.7 Å². The molecule has 28 heavy (non-hydrogen) atoms. The molecule has 0 aliphatic carbocycles. The number of rotatable bonds is 5. The van der Waals surface area contributed by atoms with Crippen LogP contribution in [-0.2, 0) is 6.42 Å². The molecule has 0 atom stereocenters. The summed E-state index contributed by atoms with van der Waals surface area (Å²) in [5.41, 5.74) is 8.89. The Bertz CT molecular complexity index is 995. The van der Waals surface area contributed by atoms with Crippen LogP contribution in [0.1, 0.15) is 62.2 Å². The molecule has 0 bridgehead atoms. The predicted molar refractivity (Wildman–Crippen MR) is 115 cm³/mol. The summed E-state index contributed by atoms with van der Waals surface area (Å²) in [5, 5.41) is 0. The van der Waals surface area contributed by atoms with Crippen molar-refractivity contribution in [2.24, 2.45) is 4.99 Å². The van der Waals surface area contributed by atoms with Gasteiger partial charge >= 0.3 is 7.40 Å². The second kappa shape index (κ2) is 7.90. The van der Waals surface area contributed by atoms with Crippen molar-refractivity contribution in [1.29, 1.82) is 0 Å². The molecule has 3 rings (SSSR count). The highest BCUT2D eigenvalue weighted by molar-refractivity contribution is 6.41. The Morgan fingerprint density at radius 1 is 1.00 bits per heavy atom. The van der Waals surface area contributed by atoms with Gasteiger partial charge in [-0.25, -0.2) is 0 Å². The minimum atomic E-state index is -2.60. The van der Waals surface area contributed by atoms with Crippen molar-refractivity contribution in [3.63, 3.8) is 0 Å². The summed E-state index contributed by atoms with van der Waals surface area (Å²) < 4.78 is 29.6. The lowest BCUT2D eigenvalue weighted by Crippen LogP contribution is -2.18. The molecule has 1 aliphatic rings. The quantitative estimate of drug-likeness (QED) is 0.534. The van der Waals surface area contributed by atoms with Crippen LogP contribution in [0, 0.1) is 13.8 Å². The van der Waals surface area contributed by atoms with E-state index in [9.17, 15) is 8.63 Å². The van der Waals surface area contributed by atoms with Crippen molar-refractivity contribution in [3.05, 3.63) is 75.3 Å². The van der Waals surface area contributed by atoms with Crippen molar-refractivity contribution in [2.75, 3.05) is 0 Å². The lowest BCUT2D eigenvalue weighted by molar-refractivity contribution is 0.623. The molecule has 2 aromatic rings. The van der Waals surface area contributed by atoms with Crippen molar-refractivity contribution in [1.82, 2.24) is 4.48 Å². The molecule has 1 aromatic heterocycles. The van der Waals surface area contributed by atoms with Crippen LogP contribution in [0.5, 0.6) is 0 Å². The molecule has 0 saturated carbocycles. The molecule has 0 unspecified atom stereocenters. The van der Waals surface area contributed by atoms with Gasteiger partial charge in [-0.3, -0.25) is 13.6 Å². The number of halogens is 2. The van der Waals surface area contributed by atoms with Gasteiger partial charge < -0.3 is 4.48 Å². The normalized spacial score (nSPS) is 15.9. The summed E-state index contributed by atoms with van der Waals surface area (Å²) in [6, 6.07) is 9.79. The van der Waals surface area contributed by atoms with Crippen LogP contribution in [0.4, 0.5) is 8.63 Å². The molecule has 2 nitrogen and oxygen atoms in total. The fourth-order valence-corrected chi connectivity index (χ4v) is 4.47. The average Bonchev–Trinajstić information content (AvgIpc) is 3.09. The fraction of sp³-hybridized carbons (Fsp3) is 0.348. The molecular formula is C23H27BF2N2. The Kier molecular flexibility index (Phi) is 5.73. The number of aliphatic imine (C=N–C) groups is 1. The highest BCUT2D eigenvalue weighted by Gasteiger charge is 2.32. The average molecular weight is 380 g/mol. The van der Waals surface area contributed by atoms with Gasteiger partial charge in [0.15, 0.2) is 0 Å². The van der Waals surface area contributed by atoms with Crippen molar-refractivity contribution < 1.29 is 8.63 Å². The second-order valence-electron chi connectivity index (χ2n) is 7.28. The topological polar surface area (TPSA) is 17.3 Å². The Morgan fingerprint density at radius 3 is 2.14 bits per heavy atom. The summed E-state index contributed by atoms with van der Waals surface area (Å²) in [7, 11) is -2.60. The van der Waals surface area contributed by atoms with Crippen LogP contribution in [0.2, 0.25) is 0 Å². The predicted octanol–water partition coefficient (Wildman–Crippen LogP) is 6.40. The Hall–Kier alpha value is -2.43. The van der Waals surface area contributed by atoms with Gasteiger partial charge in [0.2, 0.25) is 0 Å². The minimum absolute atomic E-state index is 0.582. The van der Waals surface area contributed by atoms with Crippen LogP contribution in [0.15, 0.2) is 52.2 Å². The first kappa shape index (κ1) is 20.3. The van der Waals surface area contributed by atoms with Gasteiger partial charge in [-0.05, 0) is 68.4 Å². The summed E-state index contributed by atoms with van der Waals surface area (Å²) >= 11 is 0. The van der Waals surface area contributed by atoms with E-state index in [1.165, 1.54) is 10.1 Å². The molecule has 1 aromatic carbocycles. The maximum atomic E-state index is 14.2. The first-order chi connectivity index (χ1) is 13.3. The molecule has 0 spiro atoms. The van der Waals surface area contributed by atoms with Crippen molar-refractivity contribution in [3.8, 4) is 0 Å². The summed E-state index contributed by atoms with van der Waals surface area (Å²) in [6.45, 7) is 11.9.